The van der Waals surface area contributed by atoms with Crippen molar-refractivity contribution in [2.75, 3.05) is 19.7 Å². The molecule has 0 unspecified atom stereocenters. The maximum absolute atomic E-state index is 13.0. The summed E-state index contributed by atoms with van der Waals surface area (Å²) in [5.41, 5.74) is 0.298. The standard InChI is InChI=1S/C13H18FNO4S/c1-4-15(9-13(16)19-5-2)20(17,18)12-7-6-11(14)8-10(12)3/h6-8H,4-5,9H2,1-3H3. The van der Waals surface area contributed by atoms with Crippen LogP contribution >= 0.6 is 0 Å². The Balaban J connectivity index is 3.09. The molecule has 1 aromatic rings. The summed E-state index contributed by atoms with van der Waals surface area (Å²) in [5.74, 6) is -1.12. The van der Waals surface area contributed by atoms with E-state index < -0.39 is 21.8 Å². The SMILES string of the molecule is CCOC(=O)CN(CC)S(=O)(=O)c1ccc(F)cc1C. The molecule has 0 N–H and O–H groups in total. The van der Waals surface area contributed by atoms with Crippen LogP contribution < -0.4 is 0 Å². The van der Waals surface area contributed by atoms with Crippen LogP contribution in [0.1, 0.15) is 19.4 Å². The van der Waals surface area contributed by atoms with E-state index >= 15 is 0 Å². The van der Waals surface area contributed by atoms with Crippen molar-refractivity contribution in [1.82, 2.24) is 4.31 Å². The summed E-state index contributed by atoms with van der Waals surface area (Å²) >= 11 is 0. The molecular formula is C13H18FNO4S. The highest BCUT2D eigenvalue weighted by atomic mass is 32.2. The van der Waals surface area contributed by atoms with E-state index in [1.54, 1.807) is 13.8 Å². The quantitative estimate of drug-likeness (QED) is 0.751. The Kier molecular flexibility index (Phi) is 5.64. The van der Waals surface area contributed by atoms with Crippen molar-refractivity contribution < 1.29 is 22.3 Å². The third-order valence-electron chi connectivity index (χ3n) is 2.72. The summed E-state index contributed by atoms with van der Waals surface area (Å²) in [7, 11) is -3.85. The molecule has 0 aliphatic heterocycles. The number of sulfonamides is 1. The molecular weight excluding hydrogens is 285 g/mol. The smallest absolute Gasteiger partial charge is 0.321 e. The first-order chi connectivity index (χ1) is 9.32. The van der Waals surface area contributed by atoms with E-state index in [0.29, 0.717) is 5.56 Å². The molecule has 1 rings (SSSR count). The molecule has 0 heterocycles. The first-order valence-electron chi connectivity index (χ1n) is 6.24. The van der Waals surface area contributed by atoms with Crippen LogP contribution in [0.3, 0.4) is 0 Å². The van der Waals surface area contributed by atoms with Gasteiger partial charge in [-0.3, -0.25) is 4.79 Å². The molecule has 0 aromatic heterocycles. The average molecular weight is 303 g/mol. The Morgan fingerprint density at radius 2 is 2.00 bits per heavy atom. The number of ether oxygens (including phenoxy) is 1. The number of rotatable bonds is 6. The molecule has 112 valence electrons. The summed E-state index contributed by atoms with van der Waals surface area (Å²) in [5, 5.41) is 0. The monoisotopic (exact) mass is 303 g/mol. The fourth-order valence-corrected chi connectivity index (χ4v) is 3.36. The lowest BCUT2D eigenvalue weighted by Gasteiger charge is -2.20. The first-order valence-corrected chi connectivity index (χ1v) is 7.68. The van der Waals surface area contributed by atoms with Gasteiger partial charge in [0.05, 0.1) is 11.5 Å². The summed E-state index contributed by atoms with van der Waals surface area (Å²) in [4.78, 5) is 11.4. The van der Waals surface area contributed by atoms with E-state index in [9.17, 15) is 17.6 Å². The van der Waals surface area contributed by atoms with Gasteiger partial charge in [0, 0.05) is 6.54 Å². The van der Waals surface area contributed by atoms with Crippen LogP contribution in [-0.4, -0.2) is 38.4 Å². The molecule has 0 aliphatic rings. The Bertz CT molecular complexity index is 586. The Morgan fingerprint density at radius 1 is 1.35 bits per heavy atom. The summed E-state index contributed by atoms with van der Waals surface area (Å²) in [6, 6.07) is 3.43. The minimum Gasteiger partial charge on any atom is -0.465 e. The second-order valence-corrected chi connectivity index (χ2v) is 6.05. The fraction of sp³-hybridized carbons (Fsp3) is 0.462. The Hall–Kier alpha value is -1.47. The van der Waals surface area contributed by atoms with Crippen molar-refractivity contribution in [3.8, 4) is 0 Å². The molecule has 20 heavy (non-hydrogen) atoms. The van der Waals surface area contributed by atoms with Gasteiger partial charge in [0.1, 0.15) is 12.4 Å². The summed E-state index contributed by atoms with van der Waals surface area (Å²) < 4.78 is 43.7. The molecule has 0 spiro atoms. The van der Waals surface area contributed by atoms with Gasteiger partial charge in [-0.15, -0.1) is 0 Å². The van der Waals surface area contributed by atoms with Gasteiger partial charge in [-0.25, -0.2) is 12.8 Å². The predicted octanol–water partition coefficient (Wildman–Crippen LogP) is 1.71. The number of carbonyl (C=O) groups is 1. The van der Waals surface area contributed by atoms with Crippen LogP contribution in [0.25, 0.3) is 0 Å². The first kappa shape index (κ1) is 16.6. The molecule has 0 amide bonds. The number of hydrogen-bond acceptors (Lipinski definition) is 4. The number of hydrogen-bond donors (Lipinski definition) is 0. The van der Waals surface area contributed by atoms with E-state index in [-0.39, 0.29) is 24.6 Å². The fourth-order valence-electron chi connectivity index (χ4n) is 1.76. The zero-order valence-corrected chi connectivity index (χ0v) is 12.5. The third-order valence-corrected chi connectivity index (χ3v) is 4.80. The maximum atomic E-state index is 13.0. The van der Waals surface area contributed by atoms with E-state index in [2.05, 4.69) is 0 Å². The topological polar surface area (TPSA) is 63.7 Å². The number of aryl methyl sites for hydroxylation is 1. The molecule has 0 atom stereocenters. The molecule has 0 fully saturated rings. The predicted molar refractivity (Wildman–Crippen MR) is 72.2 cm³/mol. The Labute approximate surface area is 118 Å². The Morgan fingerprint density at radius 3 is 2.50 bits per heavy atom. The van der Waals surface area contributed by atoms with Gasteiger partial charge >= 0.3 is 5.97 Å². The van der Waals surface area contributed by atoms with Crippen molar-refractivity contribution in [2.45, 2.75) is 25.7 Å². The van der Waals surface area contributed by atoms with Gasteiger partial charge in [-0.2, -0.15) is 4.31 Å². The normalized spacial score (nSPS) is 11.7. The number of halogens is 1. The lowest BCUT2D eigenvalue weighted by molar-refractivity contribution is -0.143. The summed E-state index contributed by atoms with van der Waals surface area (Å²) in [6.07, 6.45) is 0. The highest BCUT2D eigenvalue weighted by Gasteiger charge is 2.27. The number of likely N-dealkylation sites (N-methyl/N-ethyl adjacent to an activating group) is 1. The van der Waals surface area contributed by atoms with Gasteiger partial charge < -0.3 is 4.74 Å². The van der Waals surface area contributed by atoms with Gasteiger partial charge in [0.25, 0.3) is 0 Å². The highest BCUT2D eigenvalue weighted by Crippen LogP contribution is 2.20. The second kappa shape index (κ2) is 6.81. The van der Waals surface area contributed by atoms with Crippen LogP contribution in [0.5, 0.6) is 0 Å². The van der Waals surface area contributed by atoms with E-state index in [1.807, 2.05) is 0 Å². The lowest BCUT2D eigenvalue weighted by Crippen LogP contribution is -2.36. The molecule has 0 saturated heterocycles. The number of carbonyl (C=O) groups excluding carboxylic acids is 1. The third kappa shape index (κ3) is 3.77. The second-order valence-electron chi connectivity index (χ2n) is 4.15. The van der Waals surface area contributed by atoms with Crippen LogP contribution in [0.4, 0.5) is 4.39 Å². The van der Waals surface area contributed by atoms with Gasteiger partial charge in [0.15, 0.2) is 0 Å². The minimum absolute atomic E-state index is 0.00921. The number of esters is 1. The van der Waals surface area contributed by atoms with Crippen molar-refractivity contribution in [1.29, 1.82) is 0 Å². The average Bonchev–Trinajstić information content (AvgIpc) is 2.35. The van der Waals surface area contributed by atoms with Gasteiger partial charge in [-0.1, -0.05) is 6.92 Å². The van der Waals surface area contributed by atoms with E-state index in [1.165, 1.54) is 13.0 Å². The summed E-state index contributed by atoms with van der Waals surface area (Å²) in [6.45, 7) is 4.73. The largest absolute Gasteiger partial charge is 0.465 e. The van der Waals surface area contributed by atoms with Gasteiger partial charge in [0.2, 0.25) is 10.0 Å². The van der Waals surface area contributed by atoms with Crippen molar-refractivity contribution in [3.63, 3.8) is 0 Å². The molecule has 5 nitrogen and oxygen atoms in total. The van der Waals surface area contributed by atoms with Crippen molar-refractivity contribution in [2.24, 2.45) is 0 Å². The van der Waals surface area contributed by atoms with Crippen LogP contribution in [0.2, 0.25) is 0 Å². The number of nitrogens with zero attached hydrogens (tertiary/aromatic N) is 1. The zero-order chi connectivity index (χ0) is 15.3. The van der Waals surface area contributed by atoms with Crippen molar-refractivity contribution in [3.05, 3.63) is 29.6 Å². The van der Waals surface area contributed by atoms with E-state index in [0.717, 1.165) is 16.4 Å². The maximum Gasteiger partial charge on any atom is 0.321 e. The van der Waals surface area contributed by atoms with Crippen LogP contribution in [0, 0.1) is 12.7 Å². The molecule has 0 saturated carbocycles. The molecule has 0 bridgehead atoms. The molecule has 0 radical (unpaired) electrons. The lowest BCUT2D eigenvalue weighted by atomic mass is 10.2. The highest BCUT2D eigenvalue weighted by molar-refractivity contribution is 7.89. The number of benzene rings is 1. The molecule has 0 aliphatic carbocycles. The van der Waals surface area contributed by atoms with Crippen LogP contribution in [-0.2, 0) is 19.6 Å². The van der Waals surface area contributed by atoms with E-state index in [4.69, 9.17) is 4.74 Å². The molecule has 7 heteroatoms. The zero-order valence-electron chi connectivity index (χ0n) is 11.7. The molecule has 1 aromatic carbocycles. The van der Waals surface area contributed by atoms with Crippen molar-refractivity contribution >= 4 is 16.0 Å². The van der Waals surface area contributed by atoms with Gasteiger partial charge in [-0.05, 0) is 37.6 Å². The minimum atomic E-state index is -3.85. The van der Waals surface area contributed by atoms with Crippen LogP contribution in [0.15, 0.2) is 23.1 Å².